The highest BCUT2D eigenvalue weighted by molar-refractivity contribution is 5.75. The van der Waals surface area contributed by atoms with Gasteiger partial charge in [-0.3, -0.25) is 9.48 Å². The summed E-state index contributed by atoms with van der Waals surface area (Å²) >= 11 is 0. The van der Waals surface area contributed by atoms with Crippen LogP contribution in [0.3, 0.4) is 0 Å². The third-order valence-electron chi connectivity index (χ3n) is 3.55. The van der Waals surface area contributed by atoms with Crippen LogP contribution in [0.1, 0.15) is 22.5 Å². The van der Waals surface area contributed by atoms with E-state index in [0.29, 0.717) is 12.2 Å². The average molecular weight is 286 g/mol. The fourth-order valence-corrected chi connectivity index (χ4v) is 2.27. The van der Waals surface area contributed by atoms with Crippen LogP contribution in [0.15, 0.2) is 24.3 Å². The lowest BCUT2D eigenvalue weighted by atomic mass is 10.1. The summed E-state index contributed by atoms with van der Waals surface area (Å²) in [5.74, 6) is -0.0479. The van der Waals surface area contributed by atoms with Crippen LogP contribution in [-0.2, 0) is 17.8 Å². The average Bonchev–Trinajstić information content (AvgIpc) is 2.66. The molecule has 0 radical (unpaired) electrons. The molecule has 0 aliphatic carbocycles. The van der Waals surface area contributed by atoms with Crippen molar-refractivity contribution in [2.45, 2.75) is 33.7 Å². The maximum atomic E-state index is 11.9. The Morgan fingerprint density at radius 2 is 2.10 bits per heavy atom. The molecule has 0 atom stereocenters. The van der Waals surface area contributed by atoms with Crippen molar-refractivity contribution in [3.05, 3.63) is 46.8 Å². The van der Waals surface area contributed by atoms with Crippen molar-refractivity contribution in [2.75, 3.05) is 12.3 Å². The van der Waals surface area contributed by atoms with Crippen LogP contribution >= 0.6 is 0 Å². The van der Waals surface area contributed by atoms with Crippen LogP contribution < -0.4 is 11.1 Å². The molecule has 5 heteroatoms. The maximum Gasteiger partial charge on any atom is 0.241 e. The first-order valence-electron chi connectivity index (χ1n) is 7.09. The van der Waals surface area contributed by atoms with E-state index in [-0.39, 0.29) is 12.5 Å². The van der Waals surface area contributed by atoms with Crippen LogP contribution in [0, 0.1) is 20.8 Å². The molecule has 0 unspecified atom stereocenters. The number of nitrogens with one attached hydrogen (secondary N) is 1. The molecule has 1 aromatic heterocycles. The van der Waals surface area contributed by atoms with Gasteiger partial charge in [0, 0.05) is 6.54 Å². The first-order valence-corrected chi connectivity index (χ1v) is 7.09. The van der Waals surface area contributed by atoms with Gasteiger partial charge in [-0.15, -0.1) is 0 Å². The number of nitrogens with two attached hydrogens (primary N) is 1. The van der Waals surface area contributed by atoms with Crippen molar-refractivity contribution >= 4 is 11.6 Å². The minimum atomic E-state index is -0.0479. The van der Waals surface area contributed by atoms with Crippen LogP contribution in [-0.4, -0.2) is 22.2 Å². The van der Waals surface area contributed by atoms with E-state index in [1.165, 1.54) is 11.1 Å². The fourth-order valence-electron chi connectivity index (χ4n) is 2.27. The number of rotatable bonds is 5. The Morgan fingerprint density at radius 1 is 1.33 bits per heavy atom. The second kappa shape index (κ2) is 6.43. The number of nitrogen functional groups attached to an aromatic ring is 1. The Balaban J connectivity index is 1.84. The lowest BCUT2D eigenvalue weighted by Gasteiger charge is -2.07. The van der Waals surface area contributed by atoms with E-state index in [4.69, 9.17) is 5.73 Å². The van der Waals surface area contributed by atoms with E-state index in [9.17, 15) is 4.79 Å². The van der Waals surface area contributed by atoms with E-state index in [0.717, 1.165) is 17.8 Å². The predicted octanol–water partition coefficient (Wildman–Crippen LogP) is 1.75. The van der Waals surface area contributed by atoms with E-state index in [2.05, 4.69) is 35.5 Å². The van der Waals surface area contributed by atoms with Gasteiger partial charge in [0.05, 0.1) is 17.1 Å². The molecule has 0 fully saturated rings. The summed E-state index contributed by atoms with van der Waals surface area (Å²) in [6.07, 6.45) is 0.826. The lowest BCUT2D eigenvalue weighted by molar-refractivity contribution is -0.121. The Hall–Kier alpha value is -2.30. The molecular formula is C16H22N4O. The summed E-state index contributed by atoms with van der Waals surface area (Å²) in [5.41, 5.74) is 10.6. The molecule has 0 saturated heterocycles. The van der Waals surface area contributed by atoms with Crippen molar-refractivity contribution < 1.29 is 4.79 Å². The molecule has 0 bridgehead atoms. The number of hydrogen-bond acceptors (Lipinski definition) is 3. The first kappa shape index (κ1) is 15.1. The van der Waals surface area contributed by atoms with E-state index < -0.39 is 0 Å². The molecule has 3 N–H and O–H groups in total. The Labute approximate surface area is 125 Å². The largest absolute Gasteiger partial charge is 0.396 e. The highest BCUT2D eigenvalue weighted by Crippen LogP contribution is 2.14. The molecule has 0 aliphatic heterocycles. The minimum absolute atomic E-state index is 0.0479. The molecule has 1 heterocycles. The third-order valence-corrected chi connectivity index (χ3v) is 3.55. The lowest BCUT2D eigenvalue weighted by Crippen LogP contribution is -2.30. The van der Waals surface area contributed by atoms with Gasteiger partial charge in [0.15, 0.2) is 0 Å². The Morgan fingerprint density at radius 3 is 2.71 bits per heavy atom. The Kier molecular flexibility index (Phi) is 4.62. The van der Waals surface area contributed by atoms with Gasteiger partial charge in [-0.1, -0.05) is 29.8 Å². The van der Waals surface area contributed by atoms with Gasteiger partial charge in [-0.25, -0.2) is 0 Å². The predicted molar refractivity (Wildman–Crippen MR) is 84.0 cm³/mol. The highest BCUT2D eigenvalue weighted by atomic mass is 16.2. The number of carbonyl (C=O) groups excluding carboxylic acids is 1. The number of aromatic nitrogens is 2. The summed E-state index contributed by atoms with van der Waals surface area (Å²) in [5, 5.41) is 7.17. The van der Waals surface area contributed by atoms with Gasteiger partial charge in [0.25, 0.3) is 0 Å². The molecule has 0 spiro atoms. The SMILES string of the molecule is Cc1cccc(CCNC(=O)Cn2nc(C)c(N)c2C)c1. The standard InChI is InChI=1S/C16H22N4O/c1-11-5-4-6-14(9-11)7-8-18-15(21)10-20-13(3)16(17)12(2)19-20/h4-6,9H,7-8,10,17H2,1-3H3,(H,18,21). The van der Waals surface area contributed by atoms with Gasteiger partial charge < -0.3 is 11.1 Å². The zero-order valence-corrected chi connectivity index (χ0v) is 12.8. The monoisotopic (exact) mass is 286 g/mol. The molecule has 21 heavy (non-hydrogen) atoms. The second-order valence-electron chi connectivity index (χ2n) is 5.33. The van der Waals surface area contributed by atoms with Crippen molar-refractivity contribution in [2.24, 2.45) is 0 Å². The van der Waals surface area contributed by atoms with Crippen molar-refractivity contribution in [3.8, 4) is 0 Å². The molecular weight excluding hydrogens is 264 g/mol. The summed E-state index contributed by atoms with van der Waals surface area (Å²) in [4.78, 5) is 11.9. The quantitative estimate of drug-likeness (QED) is 0.879. The normalized spacial score (nSPS) is 10.6. The maximum absolute atomic E-state index is 11.9. The van der Waals surface area contributed by atoms with Gasteiger partial charge in [-0.05, 0) is 32.8 Å². The van der Waals surface area contributed by atoms with Crippen molar-refractivity contribution in [1.82, 2.24) is 15.1 Å². The molecule has 2 rings (SSSR count). The molecule has 1 aromatic carbocycles. The number of hydrogen-bond donors (Lipinski definition) is 2. The van der Waals surface area contributed by atoms with Gasteiger partial charge in [0.2, 0.25) is 5.91 Å². The number of anilines is 1. The van der Waals surface area contributed by atoms with Crippen LogP contribution in [0.5, 0.6) is 0 Å². The smallest absolute Gasteiger partial charge is 0.241 e. The van der Waals surface area contributed by atoms with Gasteiger partial charge >= 0.3 is 0 Å². The first-order chi connectivity index (χ1) is 9.97. The van der Waals surface area contributed by atoms with Gasteiger partial charge in [-0.2, -0.15) is 5.10 Å². The fraction of sp³-hybridized carbons (Fsp3) is 0.375. The van der Waals surface area contributed by atoms with E-state index in [1.54, 1.807) is 4.68 Å². The van der Waals surface area contributed by atoms with E-state index in [1.807, 2.05) is 19.9 Å². The number of carbonyl (C=O) groups is 1. The van der Waals surface area contributed by atoms with Crippen molar-refractivity contribution in [1.29, 1.82) is 0 Å². The number of amides is 1. The number of nitrogens with zero attached hydrogens (tertiary/aromatic N) is 2. The number of aryl methyl sites for hydroxylation is 2. The second-order valence-corrected chi connectivity index (χ2v) is 5.33. The Bertz CT molecular complexity index is 646. The van der Waals surface area contributed by atoms with E-state index >= 15 is 0 Å². The zero-order chi connectivity index (χ0) is 15.4. The summed E-state index contributed by atoms with van der Waals surface area (Å²) in [7, 11) is 0. The molecule has 0 aliphatic rings. The highest BCUT2D eigenvalue weighted by Gasteiger charge is 2.10. The van der Waals surface area contributed by atoms with Crippen LogP contribution in [0.4, 0.5) is 5.69 Å². The topological polar surface area (TPSA) is 72.9 Å². The summed E-state index contributed by atoms with van der Waals surface area (Å²) < 4.78 is 1.65. The minimum Gasteiger partial charge on any atom is -0.396 e. The number of benzene rings is 1. The van der Waals surface area contributed by atoms with Gasteiger partial charge in [0.1, 0.15) is 6.54 Å². The molecule has 1 amide bonds. The molecule has 0 saturated carbocycles. The summed E-state index contributed by atoms with van der Waals surface area (Å²) in [6, 6.07) is 8.30. The zero-order valence-electron chi connectivity index (χ0n) is 12.8. The molecule has 5 nitrogen and oxygen atoms in total. The van der Waals surface area contributed by atoms with Crippen LogP contribution in [0.25, 0.3) is 0 Å². The third kappa shape index (κ3) is 3.84. The molecule has 112 valence electrons. The summed E-state index contributed by atoms with van der Waals surface area (Å²) in [6.45, 7) is 6.61. The van der Waals surface area contributed by atoms with Crippen LogP contribution in [0.2, 0.25) is 0 Å². The van der Waals surface area contributed by atoms with Crippen molar-refractivity contribution in [3.63, 3.8) is 0 Å². The molecule has 2 aromatic rings.